The molecule has 0 N–H and O–H groups in total. The number of sulfone groups is 1. The van der Waals surface area contributed by atoms with Gasteiger partial charge in [0.1, 0.15) is 0 Å². The SMILES string of the molecule is COCc1ccc(CS(=O)(=O)CCC2CCCO2)cc1. The van der Waals surface area contributed by atoms with Crippen molar-refractivity contribution in [3.63, 3.8) is 0 Å². The van der Waals surface area contributed by atoms with E-state index in [9.17, 15) is 8.42 Å². The highest BCUT2D eigenvalue weighted by Crippen LogP contribution is 2.17. The van der Waals surface area contributed by atoms with Gasteiger partial charge in [0.15, 0.2) is 9.84 Å². The van der Waals surface area contributed by atoms with E-state index in [2.05, 4.69) is 0 Å². The maximum absolute atomic E-state index is 12.1. The van der Waals surface area contributed by atoms with Gasteiger partial charge in [-0.05, 0) is 30.4 Å². The molecule has 0 bridgehead atoms. The molecule has 1 unspecified atom stereocenters. The van der Waals surface area contributed by atoms with Gasteiger partial charge in [-0.1, -0.05) is 24.3 Å². The normalized spacial score (nSPS) is 19.4. The summed E-state index contributed by atoms with van der Waals surface area (Å²) in [7, 11) is -1.42. The average Bonchev–Trinajstić information content (AvgIpc) is 2.92. The summed E-state index contributed by atoms with van der Waals surface area (Å²) in [5.74, 6) is 0.310. The third-order valence-electron chi connectivity index (χ3n) is 3.50. The fourth-order valence-corrected chi connectivity index (χ4v) is 3.87. The fraction of sp³-hybridized carbons (Fsp3) is 0.600. The van der Waals surface area contributed by atoms with Gasteiger partial charge in [-0.3, -0.25) is 0 Å². The minimum absolute atomic E-state index is 0.104. The number of methoxy groups -OCH3 is 1. The number of hydrogen-bond donors (Lipinski definition) is 0. The second kappa shape index (κ2) is 7.20. The van der Waals surface area contributed by atoms with Gasteiger partial charge in [-0.15, -0.1) is 0 Å². The van der Waals surface area contributed by atoms with Gasteiger partial charge >= 0.3 is 0 Å². The maximum atomic E-state index is 12.1. The average molecular weight is 298 g/mol. The first-order chi connectivity index (χ1) is 9.59. The van der Waals surface area contributed by atoms with Crippen molar-refractivity contribution in [2.24, 2.45) is 0 Å². The summed E-state index contributed by atoms with van der Waals surface area (Å²) in [4.78, 5) is 0. The zero-order valence-electron chi connectivity index (χ0n) is 11.9. The van der Waals surface area contributed by atoms with Crippen LogP contribution in [-0.2, 0) is 31.7 Å². The van der Waals surface area contributed by atoms with E-state index in [1.165, 1.54) is 0 Å². The van der Waals surface area contributed by atoms with Gasteiger partial charge in [-0.25, -0.2) is 8.42 Å². The van der Waals surface area contributed by atoms with Crippen LogP contribution in [0.1, 0.15) is 30.4 Å². The largest absolute Gasteiger partial charge is 0.380 e. The van der Waals surface area contributed by atoms with Crippen LogP contribution < -0.4 is 0 Å². The monoisotopic (exact) mass is 298 g/mol. The van der Waals surface area contributed by atoms with Crippen molar-refractivity contribution in [3.8, 4) is 0 Å². The Morgan fingerprint density at radius 1 is 1.25 bits per heavy atom. The molecule has 1 saturated heterocycles. The van der Waals surface area contributed by atoms with E-state index < -0.39 is 9.84 Å². The summed E-state index contributed by atoms with van der Waals surface area (Å²) in [5, 5.41) is 0. The molecule has 0 aliphatic carbocycles. The van der Waals surface area contributed by atoms with E-state index in [0.717, 1.165) is 30.6 Å². The molecule has 1 aliphatic rings. The topological polar surface area (TPSA) is 52.6 Å². The Hall–Kier alpha value is -0.910. The molecule has 20 heavy (non-hydrogen) atoms. The lowest BCUT2D eigenvalue weighted by molar-refractivity contribution is 0.109. The second-order valence-electron chi connectivity index (χ2n) is 5.27. The molecule has 0 aromatic heterocycles. The maximum Gasteiger partial charge on any atom is 0.154 e. The lowest BCUT2D eigenvalue weighted by Gasteiger charge is -2.10. The third kappa shape index (κ3) is 4.89. The van der Waals surface area contributed by atoms with Gasteiger partial charge in [0.2, 0.25) is 0 Å². The molecule has 1 heterocycles. The minimum Gasteiger partial charge on any atom is -0.380 e. The molecule has 1 aliphatic heterocycles. The van der Waals surface area contributed by atoms with Crippen LogP contribution >= 0.6 is 0 Å². The highest BCUT2D eigenvalue weighted by atomic mass is 32.2. The molecule has 1 aromatic carbocycles. The minimum atomic E-state index is -3.06. The molecule has 0 amide bonds. The zero-order chi connectivity index (χ0) is 14.4. The van der Waals surface area contributed by atoms with E-state index in [-0.39, 0.29) is 17.6 Å². The van der Waals surface area contributed by atoms with E-state index in [4.69, 9.17) is 9.47 Å². The Balaban J connectivity index is 1.86. The van der Waals surface area contributed by atoms with Crippen LogP contribution in [0.2, 0.25) is 0 Å². The highest BCUT2D eigenvalue weighted by Gasteiger charge is 2.19. The lowest BCUT2D eigenvalue weighted by atomic mass is 10.2. The first-order valence-electron chi connectivity index (χ1n) is 6.98. The second-order valence-corrected chi connectivity index (χ2v) is 7.45. The van der Waals surface area contributed by atoms with Crippen molar-refractivity contribution in [2.75, 3.05) is 19.5 Å². The summed E-state index contributed by atoms with van der Waals surface area (Å²) in [5.41, 5.74) is 1.88. The Morgan fingerprint density at radius 2 is 1.95 bits per heavy atom. The lowest BCUT2D eigenvalue weighted by Crippen LogP contribution is -2.15. The number of hydrogen-bond acceptors (Lipinski definition) is 4. The van der Waals surface area contributed by atoms with Gasteiger partial charge in [0.25, 0.3) is 0 Å². The molecule has 0 spiro atoms. The first kappa shape index (κ1) is 15.5. The van der Waals surface area contributed by atoms with Crippen LogP contribution in [0.15, 0.2) is 24.3 Å². The van der Waals surface area contributed by atoms with Gasteiger partial charge in [0, 0.05) is 13.7 Å². The van der Waals surface area contributed by atoms with Gasteiger partial charge in [-0.2, -0.15) is 0 Å². The van der Waals surface area contributed by atoms with Crippen molar-refractivity contribution in [3.05, 3.63) is 35.4 Å². The number of rotatable bonds is 7. The van der Waals surface area contributed by atoms with Crippen molar-refractivity contribution in [2.45, 2.75) is 37.7 Å². The molecule has 2 rings (SSSR count). The van der Waals surface area contributed by atoms with E-state index >= 15 is 0 Å². The van der Waals surface area contributed by atoms with Crippen LogP contribution in [0, 0.1) is 0 Å². The van der Waals surface area contributed by atoms with Crippen LogP contribution in [0.4, 0.5) is 0 Å². The van der Waals surface area contributed by atoms with Crippen molar-refractivity contribution >= 4 is 9.84 Å². The van der Waals surface area contributed by atoms with Crippen molar-refractivity contribution < 1.29 is 17.9 Å². The van der Waals surface area contributed by atoms with Crippen LogP contribution in [0.3, 0.4) is 0 Å². The van der Waals surface area contributed by atoms with Crippen LogP contribution in [-0.4, -0.2) is 34.0 Å². The standard InChI is InChI=1S/C15H22O4S/c1-18-11-13-4-6-14(7-5-13)12-20(16,17)10-8-15-3-2-9-19-15/h4-7,15H,2-3,8-12H2,1H3. The van der Waals surface area contributed by atoms with E-state index in [1.54, 1.807) is 7.11 Å². The van der Waals surface area contributed by atoms with Gasteiger partial charge < -0.3 is 9.47 Å². The summed E-state index contributed by atoms with van der Waals surface area (Å²) < 4.78 is 34.7. The molecule has 0 saturated carbocycles. The molecule has 1 fully saturated rings. The highest BCUT2D eigenvalue weighted by molar-refractivity contribution is 7.90. The predicted molar refractivity (Wildman–Crippen MR) is 78.2 cm³/mol. The molecular weight excluding hydrogens is 276 g/mol. The Kier molecular flexibility index (Phi) is 5.57. The van der Waals surface area contributed by atoms with Crippen LogP contribution in [0.25, 0.3) is 0 Å². The van der Waals surface area contributed by atoms with Crippen molar-refractivity contribution in [1.82, 2.24) is 0 Å². The number of ether oxygens (including phenoxy) is 2. The molecule has 5 heteroatoms. The molecule has 0 radical (unpaired) electrons. The molecule has 1 atom stereocenters. The van der Waals surface area contributed by atoms with Gasteiger partial charge in [0.05, 0.1) is 24.2 Å². The van der Waals surface area contributed by atoms with Crippen LogP contribution in [0.5, 0.6) is 0 Å². The molecule has 1 aromatic rings. The summed E-state index contributed by atoms with van der Waals surface area (Å²) in [6, 6.07) is 7.54. The Labute approximate surface area is 121 Å². The number of benzene rings is 1. The Morgan fingerprint density at radius 3 is 2.55 bits per heavy atom. The van der Waals surface area contributed by atoms with E-state index in [1.807, 2.05) is 24.3 Å². The van der Waals surface area contributed by atoms with E-state index in [0.29, 0.717) is 13.0 Å². The molecule has 112 valence electrons. The quantitative estimate of drug-likeness (QED) is 0.775. The zero-order valence-corrected chi connectivity index (χ0v) is 12.7. The summed E-state index contributed by atoms with van der Waals surface area (Å²) in [6.45, 7) is 1.32. The first-order valence-corrected chi connectivity index (χ1v) is 8.80. The van der Waals surface area contributed by atoms with Crippen molar-refractivity contribution in [1.29, 1.82) is 0 Å². The summed E-state index contributed by atoms with van der Waals surface area (Å²) in [6.07, 6.45) is 2.78. The smallest absolute Gasteiger partial charge is 0.154 e. The Bertz CT molecular complexity index is 501. The summed E-state index contributed by atoms with van der Waals surface area (Å²) >= 11 is 0. The molecule has 4 nitrogen and oxygen atoms in total. The predicted octanol–water partition coefficient (Wildman–Crippen LogP) is 2.32. The third-order valence-corrected chi connectivity index (χ3v) is 5.13. The molecular formula is C15H22O4S. The fourth-order valence-electron chi connectivity index (χ4n) is 2.41.